The van der Waals surface area contributed by atoms with Crippen molar-refractivity contribution in [2.24, 2.45) is 0 Å². The Hall–Kier alpha value is -3.63. The Morgan fingerprint density at radius 3 is 2.25 bits per heavy atom. The molecule has 2 amide bonds. The number of sulfone groups is 1. The highest BCUT2D eigenvalue weighted by molar-refractivity contribution is 7.91. The fraction of sp³-hybridized carbons (Fsp3) is 0.348. The highest BCUT2D eigenvalue weighted by Gasteiger charge is 2.60. The number of pyridine rings is 1. The van der Waals surface area contributed by atoms with Gasteiger partial charge in [-0.05, 0) is 35.4 Å². The maximum atomic E-state index is 14.6. The number of hydrogen-bond donors (Lipinski definition) is 2. The van der Waals surface area contributed by atoms with Gasteiger partial charge in [-0.2, -0.15) is 26.3 Å². The van der Waals surface area contributed by atoms with Crippen molar-refractivity contribution in [3.8, 4) is 0 Å². The summed E-state index contributed by atoms with van der Waals surface area (Å²) in [6.45, 7) is -0.830. The second kappa shape index (κ2) is 10.7. The molecule has 0 bridgehead atoms. The summed E-state index contributed by atoms with van der Waals surface area (Å²) in [6, 6.07) is 2.05. The Balaban J connectivity index is 2.18. The van der Waals surface area contributed by atoms with Crippen molar-refractivity contribution in [3.05, 3.63) is 70.3 Å². The predicted molar refractivity (Wildman–Crippen MR) is 121 cm³/mol. The molecule has 3 rings (SSSR count). The van der Waals surface area contributed by atoms with E-state index in [9.17, 15) is 57.5 Å². The first-order chi connectivity index (χ1) is 18.2. The Morgan fingerprint density at radius 2 is 1.77 bits per heavy atom. The number of nitrogens with zero attached hydrogens (tertiary/aromatic N) is 1. The van der Waals surface area contributed by atoms with Crippen LogP contribution in [0.5, 0.6) is 0 Å². The molecule has 2 aromatic rings. The van der Waals surface area contributed by atoms with Crippen LogP contribution in [-0.2, 0) is 31.1 Å². The molecule has 17 heteroatoms. The smallest absolute Gasteiger partial charge is 0.351 e. The zero-order valence-electron chi connectivity index (χ0n) is 20.1. The van der Waals surface area contributed by atoms with Crippen LogP contribution in [0.25, 0.3) is 5.57 Å². The standard InChI is InChI=1S/C23H18F9N3O4S/c1-40(38,39)10-18(36)34-9-14-13(17-5-2-11(8-33-17)19(25)26)7-21(23(30,31)32,35-20(14)37)12-3-4-15(16(24)6-12)22(27,28)29/h2-6,8,19H,7,9-10H2,1H3,(H,34,36)(H,35,37). The number of carbonyl (C=O) groups excluding carboxylic acids is 2. The molecule has 0 aliphatic carbocycles. The number of benzene rings is 1. The van der Waals surface area contributed by atoms with E-state index in [1.165, 1.54) is 0 Å². The molecule has 1 unspecified atom stereocenters. The molecule has 0 fully saturated rings. The molecular weight excluding hydrogens is 585 g/mol. The summed E-state index contributed by atoms with van der Waals surface area (Å²) in [5, 5.41) is 3.69. The summed E-state index contributed by atoms with van der Waals surface area (Å²) >= 11 is 0. The van der Waals surface area contributed by atoms with Crippen molar-refractivity contribution in [2.45, 2.75) is 30.7 Å². The van der Waals surface area contributed by atoms with Crippen molar-refractivity contribution in [3.63, 3.8) is 0 Å². The Morgan fingerprint density at radius 1 is 1.12 bits per heavy atom. The predicted octanol–water partition coefficient (Wildman–Crippen LogP) is 4.07. The molecule has 0 radical (unpaired) electrons. The lowest BCUT2D eigenvalue weighted by molar-refractivity contribution is -0.202. The van der Waals surface area contributed by atoms with Crippen LogP contribution >= 0.6 is 0 Å². The maximum absolute atomic E-state index is 14.6. The summed E-state index contributed by atoms with van der Waals surface area (Å²) in [7, 11) is -3.84. The van der Waals surface area contributed by atoms with Crippen LogP contribution in [0.1, 0.15) is 35.2 Å². The van der Waals surface area contributed by atoms with Gasteiger partial charge < -0.3 is 10.6 Å². The van der Waals surface area contributed by atoms with Crippen LogP contribution in [0.2, 0.25) is 0 Å². The van der Waals surface area contributed by atoms with Gasteiger partial charge >= 0.3 is 12.4 Å². The third-order valence-corrected chi connectivity index (χ3v) is 6.65. The monoisotopic (exact) mass is 603 g/mol. The molecule has 218 valence electrons. The van der Waals surface area contributed by atoms with E-state index in [1.54, 1.807) is 5.32 Å². The van der Waals surface area contributed by atoms with Gasteiger partial charge in [-0.1, -0.05) is 6.07 Å². The van der Waals surface area contributed by atoms with E-state index >= 15 is 0 Å². The summed E-state index contributed by atoms with van der Waals surface area (Å²) in [5.41, 5.74) is -8.68. The van der Waals surface area contributed by atoms with Gasteiger partial charge in [-0.3, -0.25) is 14.6 Å². The van der Waals surface area contributed by atoms with Crippen molar-refractivity contribution >= 4 is 27.2 Å². The zero-order valence-corrected chi connectivity index (χ0v) is 20.9. The molecule has 1 aliphatic heterocycles. The van der Waals surface area contributed by atoms with E-state index < -0.39 is 104 Å². The molecule has 7 nitrogen and oxygen atoms in total. The van der Waals surface area contributed by atoms with Crippen molar-refractivity contribution in [2.75, 3.05) is 18.6 Å². The van der Waals surface area contributed by atoms with Gasteiger partial charge in [0.15, 0.2) is 15.4 Å². The van der Waals surface area contributed by atoms with Gasteiger partial charge in [-0.15, -0.1) is 0 Å². The molecule has 1 aromatic heterocycles. The Bertz CT molecular complexity index is 1450. The minimum Gasteiger partial charge on any atom is -0.351 e. The summed E-state index contributed by atoms with van der Waals surface area (Å²) in [4.78, 5) is 28.7. The number of alkyl halides is 8. The van der Waals surface area contributed by atoms with Crippen LogP contribution in [0.15, 0.2) is 42.1 Å². The normalized spacial score (nSPS) is 18.6. The number of hydrogen-bond acceptors (Lipinski definition) is 5. The van der Waals surface area contributed by atoms with Gasteiger partial charge in [-0.25, -0.2) is 21.6 Å². The molecule has 1 atom stereocenters. The molecule has 2 N–H and O–H groups in total. The van der Waals surface area contributed by atoms with Gasteiger partial charge in [0, 0.05) is 36.6 Å². The first kappa shape index (κ1) is 30.9. The summed E-state index contributed by atoms with van der Waals surface area (Å²) in [5.74, 6) is -5.72. The van der Waals surface area contributed by atoms with E-state index in [-0.39, 0.29) is 12.1 Å². The third kappa shape index (κ3) is 6.56. The minimum atomic E-state index is -5.45. The number of aromatic nitrogens is 1. The molecule has 1 aliphatic rings. The van der Waals surface area contributed by atoms with Crippen molar-refractivity contribution < 1.29 is 57.5 Å². The largest absolute Gasteiger partial charge is 0.419 e. The molecular formula is C23H18F9N3O4S. The van der Waals surface area contributed by atoms with Gasteiger partial charge in [0.25, 0.3) is 6.43 Å². The third-order valence-electron chi connectivity index (χ3n) is 5.86. The maximum Gasteiger partial charge on any atom is 0.419 e. The molecule has 0 saturated heterocycles. The Labute approximate surface area is 220 Å². The fourth-order valence-electron chi connectivity index (χ4n) is 3.96. The number of halogens is 9. The van der Waals surface area contributed by atoms with E-state index in [0.717, 1.165) is 18.4 Å². The first-order valence-electron chi connectivity index (χ1n) is 10.9. The van der Waals surface area contributed by atoms with Crippen molar-refractivity contribution in [1.29, 1.82) is 0 Å². The summed E-state index contributed by atoms with van der Waals surface area (Å²) < 4.78 is 146. The number of amides is 2. The molecule has 1 aromatic carbocycles. The topological polar surface area (TPSA) is 105 Å². The van der Waals surface area contributed by atoms with Gasteiger partial charge in [0.05, 0.1) is 11.3 Å². The Kier molecular flexibility index (Phi) is 8.30. The molecule has 2 heterocycles. The second-order valence-electron chi connectivity index (χ2n) is 8.81. The van der Waals surface area contributed by atoms with Crippen LogP contribution in [0.3, 0.4) is 0 Å². The van der Waals surface area contributed by atoms with Crippen LogP contribution < -0.4 is 10.6 Å². The SMILES string of the molecule is CS(=O)(=O)CC(=O)NCC1=C(c2ccc(C(F)F)cn2)CC(c2ccc(C(F)(F)F)c(F)c2)(C(F)(F)F)NC1=O. The van der Waals surface area contributed by atoms with Crippen molar-refractivity contribution in [1.82, 2.24) is 15.6 Å². The van der Waals surface area contributed by atoms with Gasteiger partial charge in [0.2, 0.25) is 11.8 Å². The first-order valence-corrected chi connectivity index (χ1v) is 13.0. The zero-order chi connectivity index (χ0) is 30.3. The van der Waals surface area contributed by atoms with Crippen LogP contribution in [0, 0.1) is 5.82 Å². The summed E-state index contributed by atoms with van der Waals surface area (Å²) in [6.07, 6.45) is -13.7. The van der Waals surface area contributed by atoms with Gasteiger partial charge in [0.1, 0.15) is 11.6 Å². The number of rotatable bonds is 7. The molecule has 40 heavy (non-hydrogen) atoms. The highest BCUT2D eigenvalue weighted by Crippen LogP contribution is 2.49. The van der Waals surface area contributed by atoms with E-state index in [0.29, 0.717) is 12.3 Å². The van der Waals surface area contributed by atoms with Crippen LogP contribution in [0.4, 0.5) is 39.5 Å². The molecule has 0 saturated carbocycles. The van der Waals surface area contributed by atoms with E-state index in [1.807, 2.05) is 0 Å². The fourth-order valence-corrected chi connectivity index (χ4v) is 4.54. The van der Waals surface area contributed by atoms with Crippen LogP contribution in [-0.4, -0.2) is 49.9 Å². The molecule has 0 spiro atoms. The second-order valence-corrected chi connectivity index (χ2v) is 10.9. The average Bonchev–Trinajstić information content (AvgIpc) is 2.80. The number of carbonyl (C=O) groups is 2. The quantitative estimate of drug-likeness (QED) is 0.465. The lowest BCUT2D eigenvalue weighted by Gasteiger charge is -2.41. The average molecular weight is 603 g/mol. The highest BCUT2D eigenvalue weighted by atomic mass is 32.2. The number of nitrogens with one attached hydrogen (secondary N) is 2. The lowest BCUT2D eigenvalue weighted by atomic mass is 9.77. The minimum absolute atomic E-state index is 0.0274. The van der Waals surface area contributed by atoms with E-state index in [2.05, 4.69) is 10.3 Å². The van der Waals surface area contributed by atoms with E-state index in [4.69, 9.17) is 0 Å². The lowest BCUT2D eigenvalue weighted by Crippen LogP contribution is -2.59.